The van der Waals surface area contributed by atoms with Crippen LogP contribution in [0.25, 0.3) is 0 Å². The summed E-state index contributed by atoms with van der Waals surface area (Å²) in [6, 6.07) is 0. The Hall–Kier alpha value is -0.0400. The van der Waals surface area contributed by atoms with Crippen molar-refractivity contribution in [2.75, 3.05) is 12.4 Å². The van der Waals surface area contributed by atoms with Gasteiger partial charge in [-0.2, -0.15) is 0 Å². The molecule has 0 spiro atoms. The van der Waals surface area contributed by atoms with Crippen molar-refractivity contribution in [2.45, 2.75) is 17.5 Å². The predicted molar refractivity (Wildman–Crippen MR) is 66.4 cm³/mol. The summed E-state index contributed by atoms with van der Waals surface area (Å²) < 4.78 is 8.76. The van der Waals surface area contributed by atoms with Gasteiger partial charge in [0, 0.05) is 6.54 Å². The maximum absolute atomic E-state index is 11.3. The van der Waals surface area contributed by atoms with E-state index in [2.05, 4.69) is 17.6 Å². The van der Waals surface area contributed by atoms with Gasteiger partial charge in [-0.25, -0.2) is 4.79 Å². The summed E-state index contributed by atoms with van der Waals surface area (Å²) in [5.41, 5.74) is 0. The summed E-state index contributed by atoms with van der Waals surface area (Å²) in [7, 11) is 0. The zero-order chi connectivity index (χ0) is 13.2. The molecular weight excluding hydrogens is 313 g/mol. The van der Waals surface area contributed by atoms with Crippen LogP contribution in [0.2, 0.25) is 0 Å². The molecule has 17 heavy (non-hydrogen) atoms. The van der Waals surface area contributed by atoms with Gasteiger partial charge in [0.25, 0.3) is 4.52 Å². The van der Waals surface area contributed by atoms with Crippen molar-refractivity contribution in [1.29, 1.82) is 0 Å². The van der Waals surface area contributed by atoms with E-state index >= 15 is 0 Å². The summed E-state index contributed by atoms with van der Waals surface area (Å²) in [6.07, 6.45) is -1.72. The van der Waals surface area contributed by atoms with E-state index < -0.39 is 22.7 Å². The molecule has 1 fully saturated rings. The Bertz CT molecular complexity index is 328. The number of hydrogen-bond donors (Lipinski definition) is 1. The van der Waals surface area contributed by atoms with Gasteiger partial charge in [0.1, 0.15) is 6.10 Å². The topological polar surface area (TPSA) is 55.8 Å². The van der Waals surface area contributed by atoms with E-state index in [1.54, 1.807) is 6.92 Å². The first-order valence-electron chi connectivity index (χ1n) is 4.60. The molecule has 0 aromatic rings. The SMILES string of the molecule is CC(OC(=O)OC(Cl)(Cl)CCl)C1CN(S)C1=O. The van der Waals surface area contributed by atoms with Gasteiger partial charge in [-0.1, -0.05) is 36.0 Å². The molecule has 0 aliphatic carbocycles. The van der Waals surface area contributed by atoms with Crippen molar-refractivity contribution in [2.24, 2.45) is 5.92 Å². The second-order valence-electron chi connectivity index (χ2n) is 3.47. The number of hydrogen-bond acceptors (Lipinski definition) is 5. The van der Waals surface area contributed by atoms with E-state index in [1.807, 2.05) is 0 Å². The van der Waals surface area contributed by atoms with Crippen LogP contribution >= 0.6 is 47.6 Å². The number of rotatable bonds is 4. The smallest absolute Gasteiger partial charge is 0.430 e. The van der Waals surface area contributed by atoms with E-state index in [4.69, 9.17) is 39.5 Å². The number of nitrogens with zero attached hydrogens (tertiary/aromatic N) is 1. The van der Waals surface area contributed by atoms with Crippen LogP contribution in [0.5, 0.6) is 0 Å². The fourth-order valence-electron chi connectivity index (χ4n) is 1.19. The van der Waals surface area contributed by atoms with Crippen LogP contribution in [-0.2, 0) is 14.3 Å². The molecule has 0 aromatic carbocycles. The number of alkyl halides is 3. The molecule has 2 atom stereocenters. The molecule has 1 aliphatic heterocycles. The molecule has 0 aromatic heterocycles. The molecule has 1 heterocycles. The van der Waals surface area contributed by atoms with Crippen molar-refractivity contribution in [3.63, 3.8) is 0 Å². The molecule has 1 aliphatic rings. The quantitative estimate of drug-likeness (QED) is 0.373. The molecule has 0 N–H and O–H groups in total. The summed E-state index contributed by atoms with van der Waals surface area (Å²) in [5.74, 6) is -0.933. The maximum Gasteiger partial charge on any atom is 0.511 e. The Morgan fingerprint density at radius 1 is 1.71 bits per heavy atom. The monoisotopic (exact) mass is 321 g/mol. The van der Waals surface area contributed by atoms with Gasteiger partial charge in [-0.05, 0) is 6.92 Å². The molecule has 1 amide bonds. The highest BCUT2D eigenvalue weighted by Crippen LogP contribution is 2.27. The van der Waals surface area contributed by atoms with Gasteiger partial charge < -0.3 is 9.47 Å². The minimum Gasteiger partial charge on any atom is -0.430 e. The van der Waals surface area contributed by atoms with Gasteiger partial charge in [-0.3, -0.25) is 9.10 Å². The van der Waals surface area contributed by atoms with Crippen LogP contribution in [0.3, 0.4) is 0 Å². The lowest BCUT2D eigenvalue weighted by molar-refractivity contribution is -0.145. The standard InChI is InChI=1S/C8H10Cl3NO4S/c1-4(5-2-12(17)6(5)13)15-7(14)16-8(10,11)3-9/h4-5,17H,2-3H2,1H3. The van der Waals surface area contributed by atoms with E-state index in [0.29, 0.717) is 6.54 Å². The second-order valence-corrected chi connectivity index (χ2v) is 5.64. The van der Waals surface area contributed by atoms with Crippen molar-refractivity contribution < 1.29 is 19.1 Å². The number of carbonyl (C=O) groups is 2. The van der Waals surface area contributed by atoms with Gasteiger partial charge in [-0.15, -0.1) is 11.6 Å². The Balaban J connectivity index is 2.39. The molecule has 0 bridgehead atoms. The number of amides is 1. The Labute approximate surface area is 119 Å². The largest absolute Gasteiger partial charge is 0.511 e. The summed E-state index contributed by atoms with van der Waals surface area (Å²) in [5, 5.41) is 0. The van der Waals surface area contributed by atoms with Crippen LogP contribution in [0.4, 0.5) is 4.79 Å². The third-order valence-corrected chi connectivity index (χ3v) is 3.61. The molecule has 2 unspecified atom stereocenters. The molecule has 0 radical (unpaired) electrons. The highest BCUT2D eigenvalue weighted by molar-refractivity contribution is 7.78. The minimum absolute atomic E-state index is 0.214. The number of ether oxygens (including phenoxy) is 2. The normalized spacial score (nSPS) is 21.8. The maximum atomic E-state index is 11.3. The fraction of sp³-hybridized carbons (Fsp3) is 0.750. The number of carbonyl (C=O) groups excluding carboxylic acids is 2. The Kier molecular flexibility index (Phi) is 5.07. The van der Waals surface area contributed by atoms with Crippen LogP contribution in [0.15, 0.2) is 0 Å². The first-order valence-corrected chi connectivity index (χ1v) is 6.29. The lowest BCUT2D eigenvalue weighted by Crippen LogP contribution is -2.52. The van der Waals surface area contributed by atoms with E-state index in [-0.39, 0.29) is 11.8 Å². The number of β-lactam (4-membered cyclic amide) rings is 1. The molecule has 0 saturated carbocycles. The summed E-state index contributed by atoms with van der Waals surface area (Å²) >= 11 is 20.2. The van der Waals surface area contributed by atoms with Crippen molar-refractivity contribution >= 4 is 59.7 Å². The average molecular weight is 323 g/mol. The van der Waals surface area contributed by atoms with Crippen molar-refractivity contribution in [3.8, 4) is 0 Å². The predicted octanol–water partition coefficient (Wildman–Crippen LogP) is 2.20. The summed E-state index contributed by atoms with van der Waals surface area (Å²) in [4.78, 5) is 22.5. The highest BCUT2D eigenvalue weighted by Gasteiger charge is 2.41. The lowest BCUT2D eigenvalue weighted by Gasteiger charge is -2.36. The Morgan fingerprint density at radius 2 is 2.29 bits per heavy atom. The third kappa shape index (κ3) is 3.98. The lowest BCUT2D eigenvalue weighted by atomic mass is 9.96. The number of thiol groups is 1. The van der Waals surface area contributed by atoms with Crippen LogP contribution in [0.1, 0.15) is 6.92 Å². The van der Waals surface area contributed by atoms with Crippen molar-refractivity contribution in [1.82, 2.24) is 4.31 Å². The Morgan fingerprint density at radius 3 is 2.71 bits per heavy atom. The van der Waals surface area contributed by atoms with Gasteiger partial charge >= 0.3 is 6.16 Å². The van der Waals surface area contributed by atoms with E-state index in [1.165, 1.54) is 4.31 Å². The van der Waals surface area contributed by atoms with Gasteiger partial charge in [0.05, 0.1) is 11.8 Å². The van der Waals surface area contributed by atoms with Gasteiger partial charge in [0.15, 0.2) is 0 Å². The second kappa shape index (κ2) is 5.73. The molecule has 1 saturated heterocycles. The fourth-order valence-corrected chi connectivity index (χ4v) is 1.69. The third-order valence-electron chi connectivity index (χ3n) is 2.18. The number of halogens is 3. The zero-order valence-corrected chi connectivity index (χ0v) is 11.9. The first kappa shape index (κ1) is 15.0. The van der Waals surface area contributed by atoms with E-state index in [9.17, 15) is 9.59 Å². The van der Waals surface area contributed by atoms with Gasteiger partial charge in [0.2, 0.25) is 5.91 Å². The highest BCUT2D eigenvalue weighted by atomic mass is 35.5. The van der Waals surface area contributed by atoms with Crippen molar-refractivity contribution in [3.05, 3.63) is 0 Å². The van der Waals surface area contributed by atoms with Crippen LogP contribution in [-0.4, -0.2) is 39.4 Å². The average Bonchev–Trinajstić information content (AvgIpc) is 2.24. The molecule has 98 valence electrons. The summed E-state index contributed by atoms with van der Waals surface area (Å²) in [6.45, 7) is 1.97. The molecular formula is C8H10Cl3NO4S. The molecule has 5 nitrogen and oxygen atoms in total. The minimum atomic E-state index is -1.84. The van der Waals surface area contributed by atoms with E-state index in [0.717, 1.165) is 0 Å². The molecule has 9 heteroatoms. The first-order chi connectivity index (χ1) is 7.76. The van der Waals surface area contributed by atoms with Crippen LogP contribution in [0, 0.1) is 5.92 Å². The van der Waals surface area contributed by atoms with Crippen LogP contribution < -0.4 is 0 Å². The zero-order valence-electron chi connectivity index (χ0n) is 8.73. The molecule has 1 rings (SSSR count).